The number of nitrogens with one attached hydrogen (secondary N) is 1. The number of methoxy groups -OCH3 is 2. The van der Waals surface area contributed by atoms with Crippen LogP contribution in [0.5, 0.6) is 11.5 Å². The number of benzene rings is 2. The SMILES string of the molecule is COC(=O)COc1ccc(C(=O)NCc2ccc(-n3cncn3)cc2)cc1OC. The van der Waals surface area contributed by atoms with Gasteiger partial charge in [0.15, 0.2) is 18.1 Å². The number of aromatic nitrogens is 3. The molecule has 1 heterocycles. The van der Waals surface area contributed by atoms with Crippen LogP contribution in [0.4, 0.5) is 0 Å². The Bertz CT molecular complexity index is 971. The van der Waals surface area contributed by atoms with E-state index in [4.69, 9.17) is 9.47 Å². The second-order valence-electron chi connectivity index (χ2n) is 5.92. The molecule has 1 N–H and O–H groups in total. The summed E-state index contributed by atoms with van der Waals surface area (Å²) in [5.74, 6) is -0.0798. The number of ether oxygens (including phenoxy) is 3. The van der Waals surface area contributed by atoms with Crippen molar-refractivity contribution < 1.29 is 23.8 Å². The molecular weight excluding hydrogens is 376 g/mol. The van der Waals surface area contributed by atoms with Gasteiger partial charge in [0.05, 0.1) is 19.9 Å². The van der Waals surface area contributed by atoms with Crippen molar-refractivity contribution in [1.29, 1.82) is 0 Å². The molecule has 0 fully saturated rings. The fourth-order valence-corrected chi connectivity index (χ4v) is 2.52. The van der Waals surface area contributed by atoms with Gasteiger partial charge in [-0.05, 0) is 35.9 Å². The van der Waals surface area contributed by atoms with Crippen LogP contribution in [0.3, 0.4) is 0 Å². The van der Waals surface area contributed by atoms with Crippen LogP contribution in [0.15, 0.2) is 55.1 Å². The van der Waals surface area contributed by atoms with Gasteiger partial charge in [0, 0.05) is 12.1 Å². The number of amides is 1. The van der Waals surface area contributed by atoms with Gasteiger partial charge in [0.1, 0.15) is 12.7 Å². The van der Waals surface area contributed by atoms with E-state index in [2.05, 4.69) is 20.1 Å². The number of esters is 1. The van der Waals surface area contributed by atoms with E-state index >= 15 is 0 Å². The molecule has 3 rings (SSSR count). The average molecular weight is 396 g/mol. The van der Waals surface area contributed by atoms with Gasteiger partial charge in [0.2, 0.25) is 0 Å². The van der Waals surface area contributed by atoms with E-state index in [1.807, 2.05) is 24.3 Å². The molecule has 0 saturated carbocycles. The molecule has 0 aliphatic rings. The molecule has 0 radical (unpaired) electrons. The second-order valence-corrected chi connectivity index (χ2v) is 5.92. The molecular formula is C20H20N4O5. The Balaban J connectivity index is 1.60. The highest BCUT2D eigenvalue weighted by molar-refractivity contribution is 5.94. The predicted octanol–water partition coefficient (Wildman–Crippen LogP) is 1.76. The Labute approximate surface area is 167 Å². The highest BCUT2D eigenvalue weighted by Gasteiger charge is 2.12. The maximum absolute atomic E-state index is 12.5. The minimum atomic E-state index is -0.510. The van der Waals surface area contributed by atoms with Gasteiger partial charge in [0.25, 0.3) is 5.91 Å². The summed E-state index contributed by atoms with van der Waals surface area (Å²) in [5, 5.41) is 6.92. The molecule has 0 aliphatic carbocycles. The van der Waals surface area contributed by atoms with Gasteiger partial charge in [-0.15, -0.1) is 0 Å². The number of hydrogen-bond acceptors (Lipinski definition) is 7. The van der Waals surface area contributed by atoms with Crippen molar-refractivity contribution in [2.45, 2.75) is 6.54 Å². The zero-order chi connectivity index (χ0) is 20.6. The molecule has 0 aliphatic heterocycles. The number of carbonyl (C=O) groups excluding carboxylic acids is 2. The van der Waals surface area contributed by atoms with E-state index in [1.165, 1.54) is 20.5 Å². The van der Waals surface area contributed by atoms with Crippen LogP contribution in [0.1, 0.15) is 15.9 Å². The van der Waals surface area contributed by atoms with Crippen LogP contribution >= 0.6 is 0 Å². The van der Waals surface area contributed by atoms with E-state index in [9.17, 15) is 9.59 Å². The first kappa shape index (κ1) is 19.9. The fourth-order valence-electron chi connectivity index (χ4n) is 2.52. The zero-order valence-corrected chi connectivity index (χ0v) is 16.0. The van der Waals surface area contributed by atoms with E-state index in [0.29, 0.717) is 23.6 Å². The lowest BCUT2D eigenvalue weighted by Gasteiger charge is -2.12. The van der Waals surface area contributed by atoms with Crippen LogP contribution in [0, 0.1) is 0 Å². The van der Waals surface area contributed by atoms with Crippen molar-refractivity contribution in [3.05, 3.63) is 66.2 Å². The fraction of sp³-hybridized carbons (Fsp3) is 0.200. The molecule has 0 unspecified atom stereocenters. The number of nitrogens with zero attached hydrogens (tertiary/aromatic N) is 3. The Hall–Kier alpha value is -3.88. The molecule has 3 aromatic rings. The van der Waals surface area contributed by atoms with Crippen molar-refractivity contribution >= 4 is 11.9 Å². The summed E-state index contributed by atoms with van der Waals surface area (Å²) in [6.45, 7) is 0.113. The summed E-state index contributed by atoms with van der Waals surface area (Å²) in [4.78, 5) is 27.6. The third-order valence-corrected chi connectivity index (χ3v) is 4.07. The minimum absolute atomic E-state index is 0.247. The van der Waals surface area contributed by atoms with Gasteiger partial charge < -0.3 is 19.5 Å². The molecule has 0 bridgehead atoms. The van der Waals surface area contributed by atoms with Gasteiger partial charge in [-0.25, -0.2) is 14.5 Å². The molecule has 1 amide bonds. The smallest absolute Gasteiger partial charge is 0.343 e. The van der Waals surface area contributed by atoms with Crippen molar-refractivity contribution in [2.75, 3.05) is 20.8 Å². The van der Waals surface area contributed by atoms with Crippen molar-refractivity contribution in [3.63, 3.8) is 0 Å². The van der Waals surface area contributed by atoms with E-state index in [0.717, 1.165) is 11.3 Å². The van der Waals surface area contributed by atoms with Crippen molar-refractivity contribution in [1.82, 2.24) is 20.1 Å². The largest absolute Gasteiger partial charge is 0.493 e. The summed E-state index contributed by atoms with van der Waals surface area (Å²) in [6, 6.07) is 12.3. The quantitative estimate of drug-likeness (QED) is 0.579. The summed E-state index contributed by atoms with van der Waals surface area (Å²) < 4.78 is 16.8. The average Bonchev–Trinajstić information content (AvgIpc) is 3.31. The lowest BCUT2D eigenvalue weighted by Crippen LogP contribution is -2.22. The molecule has 0 atom stereocenters. The lowest BCUT2D eigenvalue weighted by molar-refractivity contribution is -0.142. The Kier molecular flexibility index (Phi) is 6.41. The monoisotopic (exact) mass is 396 g/mol. The molecule has 150 valence electrons. The maximum Gasteiger partial charge on any atom is 0.343 e. The summed E-state index contributed by atoms with van der Waals surface area (Å²) in [6.07, 6.45) is 3.08. The topological polar surface area (TPSA) is 105 Å². The van der Waals surface area contributed by atoms with E-state index in [-0.39, 0.29) is 12.5 Å². The maximum atomic E-state index is 12.5. The zero-order valence-electron chi connectivity index (χ0n) is 16.0. The van der Waals surface area contributed by atoms with Gasteiger partial charge in [-0.1, -0.05) is 12.1 Å². The molecule has 0 saturated heterocycles. The highest BCUT2D eigenvalue weighted by atomic mass is 16.6. The van der Waals surface area contributed by atoms with Crippen molar-refractivity contribution in [2.24, 2.45) is 0 Å². The lowest BCUT2D eigenvalue weighted by atomic mass is 10.1. The first-order valence-corrected chi connectivity index (χ1v) is 8.70. The molecule has 2 aromatic carbocycles. The number of hydrogen-bond donors (Lipinski definition) is 1. The van der Waals surface area contributed by atoms with Gasteiger partial charge in [-0.2, -0.15) is 5.10 Å². The third-order valence-electron chi connectivity index (χ3n) is 4.07. The second kappa shape index (κ2) is 9.36. The Morgan fingerprint density at radius 3 is 2.52 bits per heavy atom. The highest BCUT2D eigenvalue weighted by Crippen LogP contribution is 2.28. The minimum Gasteiger partial charge on any atom is -0.493 e. The molecule has 29 heavy (non-hydrogen) atoms. The van der Waals surface area contributed by atoms with Crippen LogP contribution in [0.2, 0.25) is 0 Å². The predicted molar refractivity (Wildman–Crippen MR) is 103 cm³/mol. The Morgan fingerprint density at radius 1 is 1.07 bits per heavy atom. The normalized spacial score (nSPS) is 10.3. The number of carbonyl (C=O) groups is 2. The van der Waals surface area contributed by atoms with Gasteiger partial charge >= 0.3 is 5.97 Å². The molecule has 9 heteroatoms. The summed E-state index contributed by atoms with van der Waals surface area (Å²) in [7, 11) is 2.73. The standard InChI is InChI=1S/C20H20N4O5/c1-27-18-9-15(5-8-17(18)29-11-19(25)28-2)20(26)22-10-14-3-6-16(7-4-14)24-13-21-12-23-24/h3-9,12-13H,10-11H2,1-2H3,(H,22,26). The third kappa shape index (κ3) is 5.10. The number of rotatable bonds is 8. The summed E-state index contributed by atoms with van der Waals surface area (Å²) >= 11 is 0. The van der Waals surface area contributed by atoms with Crippen LogP contribution < -0.4 is 14.8 Å². The van der Waals surface area contributed by atoms with Crippen LogP contribution in [0.25, 0.3) is 5.69 Å². The molecule has 9 nitrogen and oxygen atoms in total. The van der Waals surface area contributed by atoms with E-state index < -0.39 is 5.97 Å². The first-order valence-electron chi connectivity index (χ1n) is 8.70. The summed E-state index contributed by atoms with van der Waals surface area (Å²) in [5.41, 5.74) is 2.23. The van der Waals surface area contributed by atoms with Crippen LogP contribution in [-0.4, -0.2) is 47.5 Å². The first-order chi connectivity index (χ1) is 14.1. The van der Waals surface area contributed by atoms with Crippen molar-refractivity contribution in [3.8, 4) is 17.2 Å². The van der Waals surface area contributed by atoms with Crippen LogP contribution in [-0.2, 0) is 16.1 Å². The van der Waals surface area contributed by atoms with Gasteiger partial charge in [-0.3, -0.25) is 4.79 Å². The molecule has 1 aromatic heterocycles. The van der Waals surface area contributed by atoms with E-state index in [1.54, 1.807) is 29.2 Å². The molecule has 0 spiro atoms. The Morgan fingerprint density at radius 2 is 1.86 bits per heavy atom.